The van der Waals surface area contributed by atoms with Crippen molar-refractivity contribution < 1.29 is 28.5 Å². The van der Waals surface area contributed by atoms with Gasteiger partial charge < -0.3 is 29.6 Å². The maximum absolute atomic E-state index is 12.7. The zero-order chi connectivity index (χ0) is 27.1. The van der Waals surface area contributed by atoms with Crippen molar-refractivity contribution >= 4 is 28.7 Å². The van der Waals surface area contributed by atoms with E-state index in [1.807, 2.05) is 16.7 Å². The summed E-state index contributed by atoms with van der Waals surface area (Å²) in [5.74, 6) is 1.28. The normalized spacial score (nSPS) is 13.1. The number of rotatable bonds is 9. The highest BCUT2D eigenvalue weighted by Crippen LogP contribution is 2.37. The van der Waals surface area contributed by atoms with Crippen LogP contribution in [0.2, 0.25) is 0 Å². The Labute approximate surface area is 220 Å². The van der Waals surface area contributed by atoms with E-state index >= 15 is 0 Å². The van der Waals surface area contributed by atoms with Crippen molar-refractivity contribution in [3.05, 3.63) is 47.8 Å². The summed E-state index contributed by atoms with van der Waals surface area (Å²) in [5.41, 5.74) is 0.610. The van der Waals surface area contributed by atoms with Gasteiger partial charge in [-0.1, -0.05) is 0 Å². The Morgan fingerprint density at radius 1 is 1.18 bits per heavy atom. The number of methoxy groups -OCH3 is 1. The van der Waals surface area contributed by atoms with E-state index in [4.69, 9.17) is 18.9 Å². The summed E-state index contributed by atoms with van der Waals surface area (Å²) in [6, 6.07) is 7.04. The van der Waals surface area contributed by atoms with Crippen LogP contribution >= 0.6 is 0 Å². The Bertz CT molecular complexity index is 1370. The number of aromatic nitrogens is 3. The fourth-order valence-corrected chi connectivity index (χ4v) is 3.84. The molecule has 1 aromatic carbocycles. The van der Waals surface area contributed by atoms with E-state index in [2.05, 4.69) is 25.6 Å². The number of hydrogen-bond acceptors (Lipinski definition) is 9. The SMILES string of the molecule is COc1c(OCCOCCNC(=O)OC(C)(C)C)ccc2c3n(c(=NC(=O)c4cccnc4)nc12)CCN3. The van der Waals surface area contributed by atoms with E-state index < -0.39 is 17.6 Å². The number of anilines is 1. The second-order valence-corrected chi connectivity index (χ2v) is 9.38. The summed E-state index contributed by atoms with van der Waals surface area (Å²) in [4.78, 5) is 37.3. The van der Waals surface area contributed by atoms with E-state index in [1.165, 1.54) is 13.3 Å². The average molecular weight is 525 g/mol. The Kier molecular flexibility index (Phi) is 8.41. The van der Waals surface area contributed by atoms with Gasteiger partial charge in [-0.3, -0.25) is 14.3 Å². The van der Waals surface area contributed by atoms with Crippen LogP contribution in [0.15, 0.2) is 41.7 Å². The van der Waals surface area contributed by atoms with Crippen molar-refractivity contribution in [1.82, 2.24) is 19.9 Å². The maximum atomic E-state index is 12.7. The Hall–Kier alpha value is -4.19. The molecule has 0 saturated heterocycles. The average Bonchev–Trinajstić information content (AvgIpc) is 3.38. The van der Waals surface area contributed by atoms with Crippen LogP contribution in [0.1, 0.15) is 31.1 Å². The molecular formula is C26H32N6O6. The molecule has 1 aliphatic heterocycles. The standard InChI is InChI=1S/C26H32N6O6/c1-26(2,3)38-25(34)29-11-13-36-14-15-37-19-8-7-18-20(21(19)35-4)30-24(32-12-10-28-22(18)32)31-23(33)17-6-5-9-27-16-17/h5-9,16,28H,10-15H2,1-4H3,(H,29,34). The highest BCUT2D eigenvalue weighted by Gasteiger charge is 2.21. The molecule has 0 bridgehead atoms. The largest absolute Gasteiger partial charge is 0.491 e. The summed E-state index contributed by atoms with van der Waals surface area (Å²) in [7, 11) is 1.54. The van der Waals surface area contributed by atoms with Crippen molar-refractivity contribution in [1.29, 1.82) is 0 Å². The molecule has 202 valence electrons. The molecule has 12 nitrogen and oxygen atoms in total. The molecule has 1 aliphatic rings. The first-order chi connectivity index (χ1) is 18.3. The molecule has 12 heteroatoms. The van der Waals surface area contributed by atoms with Gasteiger partial charge in [0.15, 0.2) is 11.5 Å². The lowest BCUT2D eigenvalue weighted by atomic mass is 10.2. The van der Waals surface area contributed by atoms with Crippen LogP contribution in [0.3, 0.4) is 0 Å². The number of nitrogens with zero attached hydrogens (tertiary/aromatic N) is 4. The van der Waals surface area contributed by atoms with Crippen molar-refractivity contribution in [2.24, 2.45) is 4.99 Å². The summed E-state index contributed by atoms with van der Waals surface area (Å²) >= 11 is 0. The summed E-state index contributed by atoms with van der Waals surface area (Å²) < 4.78 is 24.2. The number of alkyl carbamates (subject to hydrolysis) is 1. The molecule has 3 aromatic rings. The molecule has 4 rings (SSSR count). The zero-order valence-electron chi connectivity index (χ0n) is 21.9. The minimum atomic E-state index is -0.550. The Morgan fingerprint density at radius 2 is 2.03 bits per heavy atom. The van der Waals surface area contributed by atoms with Gasteiger partial charge in [-0.25, -0.2) is 9.78 Å². The predicted octanol–water partition coefficient (Wildman–Crippen LogP) is 2.53. The summed E-state index contributed by atoms with van der Waals surface area (Å²) in [5, 5.41) is 6.80. The van der Waals surface area contributed by atoms with Gasteiger partial charge in [-0.15, -0.1) is 0 Å². The lowest BCUT2D eigenvalue weighted by molar-refractivity contribution is 0.0488. The van der Waals surface area contributed by atoms with Crippen molar-refractivity contribution in [2.75, 3.05) is 45.3 Å². The molecule has 2 aromatic heterocycles. The van der Waals surface area contributed by atoms with Gasteiger partial charge in [-0.05, 0) is 45.0 Å². The zero-order valence-corrected chi connectivity index (χ0v) is 21.9. The van der Waals surface area contributed by atoms with E-state index in [1.54, 1.807) is 39.1 Å². The Balaban J connectivity index is 1.45. The second kappa shape index (κ2) is 11.9. The predicted molar refractivity (Wildman–Crippen MR) is 139 cm³/mol. The first-order valence-corrected chi connectivity index (χ1v) is 12.3. The van der Waals surface area contributed by atoms with Crippen molar-refractivity contribution in [3.8, 4) is 11.5 Å². The number of nitrogens with one attached hydrogen (secondary N) is 2. The molecule has 0 atom stereocenters. The highest BCUT2D eigenvalue weighted by molar-refractivity contribution is 5.96. The molecule has 2 amide bonds. The van der Waals surface area contributed by atoms with E-state index in [0.29, 0.717) is 55.4 Å². The van der Waals surface area contributed by atoms with Gasteiger partial charge in [0.1, 0.15) is 23.5 Å². The first-order valence-electron chi connectivity index (χ1n) is 12.3. The number of carbonyl (C=O) groups is 2. The molecule has 3 heterocycles. The summed E-state index contributed by atoms with van der Waals surface area (Å²) in [6.07, 6.45) is 2.58. The fourth-order valence-electron chi connectivity index (χ4n) is 3.84. The third-order valence-corrected chi connectivity index (χ3v) is 5.42. The molecule has 0 saturated carbocycles. The van der Waals surface area contributed by atoms with Crippen LogP contribution < -0.4 is 25.7 Å². The van der Waals surface area contributed by atoms with Crippen LogP contribution in [0.25, 0.3) is 10.9 Å². The number of ether oxygens (including phenoxy) is 4. The van der Waals surface area contributed by atoms with Crippen LogP contribution in [0.5, 0.6) is 11.5 Å². The highest BCUT2D eigenvalue weighted by atomic mass is 16.6. The van der Waals surface area contributed by atoms with Crippen molar-refractivity contribution in [2.45, 2.75) is 32.9 Å². The molecule has 0 fully saturated rings. The van der Waals surface area contributed by atoms with Crippen LogP contribution in [0, 0.1) is 0 Å². The second-order valence-electron chi connectivity index (χ2n) is 9.38. The van der Waals surface area contributed by atoms with Crippen LogP contribution in [-0.4, -0.2) is 72.2 Å². The topological polar surface area (TPSA) is 138 Å². The van der Waals surface area contributed by atoms with Gasteiger partial charge >= 0.3 is 6.09 Å². The van der Waals surface area contributed by atoms with Gasteiger partial charge in [-0.2, -0.15) is 4.99 Å². The Morgan fingerprint density at radius 3 is 2.76 bits per heavy atom. The molecule has 0 aliphatic carbocycles. The number of fused-ring (bicyclic) bond motifs is 3. The molecule has 0 unspecified atom stereocenters. The number of pyridine rings is 1. The summed E-state index contributed by atoms with van der Waals surface area (Å²) in [6.45, 7) is 7.89. The number of carbonyl (C=O) groups excluding carboxylic acids is 2. The quantitative estimate of drug-likeness (QED) is 0.404. The third kappa shape index (κ3) is 6.57. The molecule has 38 heavy (non-hydrogen) atoms. The molecule has 0 spiro atoms. The number of amides is 2. The molecule has 0 radical (unpaired) electrons. The van der Waals surface area contributed by atoms with E-state index in [0.717, 1.165) is 11.2 Å². The van der Waals surface area contributed by atoms with Gasteiger partial charge in [0.25, 0.3) is 5.91 Å². The molecule has 2 N–H and O–H groups in total. The minimum Gasteiger partial charge on any atom is -0.491 e. The smallest absolute Gasteiger partial charge is 0.407 e. The maximum Gasteiger partial charge on any atom is 0.407 e. The number of hydrogen-bond donors (Lipinski definition) is 2. The fraction of sp³-hybridized carbons (Fsp3) is 0.423. The lowest BCUT2D eigenvalue weighted by Gasteiger charge is -2.19. The third-order valence-electron chi connectivity index (χ3n) is 5.42. The van der Waals surface area contributed by atoms with E-state index in [-0.39, 0.29) is 12.2 Å². The van der Waals surface area contributed by atoms with Gasteiger partial charge in [0.05, 0.1) is 25.9 Å². The number of benzene rings is 1. The molecular weight excluding hydrogens is 492 g/mol. The van der Waals surface area contributed by atoms with Crippen LogP contribution in [0.4, 0.5) is 10.6 Å². The van der Waals surface area contributed by atoms with Gasteiger partial charge in [0, 0.05) is 37.4 Å². The first kappa shape index (κ1) is 26.9. The monoisotopic (exact) mass is 524 g/mol. The van der Waals surface area contributed by atoms with Gasteiger partial charge in [0.2, 0.25) is 5.62 Å². The van der Waals surface area contributed by atoms with Crippen molar-refractivity contribution in [3.63, 3.8) is 0 Å². The van der Waals surface area contributed by atoms with Crippen LogP contribution in [-0.2, 0) is 16.0 Å². The van der Waals surface area contributed by atoms with E-state index in [9.17, 15) is 9.59 Å². The lowest BCUT2D eigenvalue weighted by Crippen LogP contribution is -2.34. The minimum absolute atomic E-state index is 0.253.